The summed E-state index contributed by atoms with van der Waals surface area (Å²) in [5.74, 6) is -0.0328. The number of hydrogen-bond acceptors (Lipinski definition) is 4. The van der Waals surface area contributed by atoms with Gasteiger partial charge in [-0.15, -0.1) is 0 Å². The van der Waals surface area contributed by atoms with E-state index in [0.29, 0.717) is 22.0 Å². The number of amides is 1. The average molecular weight is 439 g/mol. The van der Waals surface area contributed by atoms with Crippen LogP contribution in [0.2, 0.25) is 10.0 Å². The summed E-state index contributed by atoms with van der Waals surface area (Å²) in [6.45, 7) is 1.73. The maximum absolute atomic E-state index is 12.6. The Morgan fingerprint density at radius 1 is 1.07 bits per heavy atom. The van der Waals surface area contributed by atoms with Crippen LogP contribution in [0, 0.1) is 6.92 Å². The maximum Gasteiger partial charge on any atom is 0.255 e. The lowest BCUT2D eigenvalue weighted by molar-refractivity contribution is 0.102. The molecule has 2 N–H and O–H groups in total. The molecule has 0 bridgehead atoms. The highest BCUT2D eigenvalue weighted by molar-refractivity contribution is 7.89. The second-order valence-electron chi connectivity index (χ2n) is 5.92. The number of hydrogen-bond donors (Lipinski definition) is 2. The van der Waals surface area contributed by atoms with E-state index in [9.17, 15) is 13.2 Å². The molecular weight excluding hydrogens is 423 g/mol. The number of benzene rings is 2. The zero-order valence-electron chi connectivity index (χ0n) is 14.7. The van der Waals surface area contributed by atoms with E-state index in [0.717, 1.165) is 0 Å². The molecule has 28 heavy (non-hydrogen) atoms. The highest BCUT2D eigenvalue weighted by atomic mass is 35.5. The molecular formula is C19H16Cl2N2O4S. The third kappa shape index (κ3) is 4.56. The van der Waals surface area contributed by atoms with Gasteiger partial charge in [0.15, 0.2) is 0 Å². The molecule has 0 aliphatic carbocycles. The number of halogens is 2. The molecule has 0 aliphatic heterocycles. The average Bonchev–Trinajstić information content (AvgIpc) is 3.18. The Morgan fingerprint density at radius 3 is 2.57 bits per heavy atom. The molecule has 1 heterocycles. The predicted molar refractivity (Wildman–Crippen MR) is 108 cm³/mol. The molecule has 9 heteroatoms. The van der Waals surface area contributed by atoms with Gasteiger partial charge in [-0.1, -0.05) is 29.3 Å². The number of sulfonamides is 1. The van der Waals surface area contributed by atoms with Crippen LogP contribution in [0.3, 0.4) is 0 Å². The molecule has 0 aliphatic rings. The van der Waals surface area contributed by atoms with Crippen LogP contribution in [-0.4, -0.2) is 14.3 Å². The van der Waals surface area contributed by atoms with Crippen LogP contribution in [0.5, 0.6) is 0 Å². The molecule has 1 aromatic heterocycles. The smallest absolute Gasteiger partial charge is 0.255 e. The van der Waals surface area contributed by atoms with Gasteiger partial charge in [0.25, 0.3) is 5.91 Å². The number of rotatable bonds is 6. The van der Waals surface area contributed by atoms with Gasteiger partial charge in [0.05, 0.1) is 17.8 Å². The molecule has 1 amide bonds. The second-order valence-corrected chi connectivity index (χ2v) is 8.47. The van der Waals surface area contributed by atoms with E-state index in [1.807, 2.05) is 0 Å². The summed E-state index contributed by atoms with van der Waals surface area (Å²) in [6.07, 6.45) is 1.44. The number of carbonyl (C=O) groups is 1. The molecule has 0 saturated carbocycles. The Kier molecular flexibility index (Phi) is 6.10. The minimum absolute atomic E-state index is 0.00225. The summed E-state index contributed by atoms with van der Waals surface area (Å²) in [6, 6.07) is 12.5. The second kappa shape index (κ2) is 8.36. The molecule has 2 aromatic carbocycles. The van der Waals surface area contributed by atoms with Crippen molar-refractivity contribution in [2.75, 3.05) is 5.32 Å². The number of furan rings is 1. The van der Waals surface area contributed by atoms with Crippen molar-refractivity contribution in [3.8, 4) is 0 Å². The van der Waals surface area contributed by atoms with E-state index in [1.54, 1.807) is 37.3 Å². The van der Waals surface area contributed by atoms with Crippen LogP contribution in [0.25, 0.3) is 0 Å². The van der Waals surface area contributed by atoms with E-state index >= 15 is 0 Å². The fourth-order valence-corrected chi connectivity index (χ4v) is 4.14. The first kappa shape index (κ1) is 20.4. The summed E-state index contributed by atoms with van der Waals surface area (Å²) in [7, 11) is -3.95. The van der Waals surface area contributed by atoms with Crippen LogP contribution in [0.1, 0.15) is 21.7 Å². The normalized spacial score (nSPS) is 11.4. The first-order chi connectivity index (χ1) is 13.3. The van der Waals surface area contributed by atoms with Crippen molar-refractivity contribution in [3.05, 3.63) is 81.7 Å². The van der Waals surface area contributed by atoms with E-state index < -0.39 is 15.9 Å². The van der Waals surface area contributed by atoms with Gasteiger partial charge in [0.2, 0.25) is 10.0 Å². The molecule has 3 aromatic rings. The quantitative estimate of drug-likeness (QED) is 0.587. The van der Waals surface area contributed by atoms with Crippen molar-refractivity contribution in [2.24, 2.45) is 0 Å². The lowest BCUT2D eigenvalue weighted by Crippen LogP contribution is -2.24. The third-order valence-electron chi connectivity index (χ3n) is 4.02. The Labute approximate surface area is 172 Å². The van der Waals surface area contributed by atoms with Crippen LogP contribution in [0.4, 0.5) is 5.69 Å². The summed E-state index contributed by atoms with van der Waals surface area (Å²) in [5.41, 5.74) is 1.38. The molecule has 146 valence electrons. The van der Waals surface area contributed by atoms with Crippen molar-refractivity contribution in [3.63, 3.8) is 0 Å². The zero-order chi connectivity index (χ0) is 20.3. The van der Waals surface area contributed by atoms with Crippen molar-refractivity contribution in [1.82, 2.24) is 4.72 Å². The minimum Gasteiger partial charge on any atom is -0.468 e. The SMILES string of the molecule is Cc1c(Cl)cccc1NC(=O)c1ccc(Cl)c(S(=O)(=O)NCc2ccco2)c1. The highest BCUT2D eigenvalue weighted by Crippen LogP contribution is 2.26. The minimum atomic E-state index is -3.95. The lowest BCUT2D eigenvalue weighted by Gasteiger charge is -2.12. The van der Waals surface area contributed by atoms with Gasteiger partial charge in [-0.2, -0.15) is 0 Å². The fourth-order valence-electron chi connectivity index (χ4n) is 2.44. The Hall–Kier alpha value is -2.32. The van der Waals surface area contributed by atoms with Crippen molar-refractivity contribution in [1.29, 1.82) is 0 Å². The monoisotopic (exact) mass is 438 g/mol. The zero-order valence-corrected chi connectivity index (χ0v) is 17.0. The van der Waals surface area contributed by atoms with Crippen LogP contribution < -0.4 is 10.0 Å². The molecule has 0 fully saturated rings. The van der Waals surface area contributed by atoms with Crippen molar-refractivity contribution < 1.29 is 17.6 Å². The Bertz CT molecular complexity index is 1110. The third-order valence-corrected chi connectivity index (χ3v) is 6.31. The summed E-state index contributed by atoms with van der Waals surface area (Å²) in [4.78, 5) is 12.4. The number of anilines is 1. The molecule has 0 spiro atoms. The molecule has 3 rings (SSSR count). The van der Waals surface area contributed by atoms with E-state index in [4.69, 9.17) is 27.6 Å². The van der Waals surface area contributed by atoms with E-state index in [1.165, 1.54) is 24.5 Å². The van der Waals surface area contributed by atoms with E-state index in [-0.39, 0.29) is 22.0 Å². The number of carbonyl (C=O) groups excluding carboxylic acids is 1. The Balaban J connectivity index is 1.84. The van der Waals surface area contributed by atoms with Crippen LogP contribution in [-0.2, 0) is 16.6 Å². The van der Waals surface area contributed by atoms with Crippen molar-refractivity contribution in [2.45, 2.75) is 18.4 Å². The van der Waals surface area contributed by atoms with Gasteiger partial charge in [0, 0.05) is 16.3 Å². The van der Waals surface area contributed by atoms with E-state index in [2.05, 4.69) is 10.0 Å². The maximum atomic E-state index is 12.6. The fraction of sp³-hybridized carbons (Fsp3) is 0.105. The predicted octanol–water partition coefficient (Wildman–Crippen LogP) is 4.63. The van der Waals surface area contributed by atoms with Gasteiger partial charge >= 0.3 is 0 Å². The van der Waals surface area contributed by atoms with Gasteiger partial charge in [-0.3, -0.25) is 4.79 Å². The molecule has 6 nitrogen and oxygen atoms in total. The standard InChI is InChI=1S/C19H16Cl2N2O4S/c1-12-15(20)5-2-6-17(12)23-19(24)13-7-8-16(21)18(10-13)28(25,26)22-11-14-4-3-9-27-14/h2-10,22H,11H2,1H3,(H,23,24). The van der Waals surface area contributed by atoms with Gasteiger partial charge in [0.1, 0.15) is 10.7 Å². The first-order valence-electron chi connectivity index (χ1n) is 8.16. The highest BCUT2D eigenvalue weighted by Gasteiger charge is 2.21. The lowest BCUT2D eigenvalue weighted by atomic mass is 10.1. The topological polar surface area (TPSA) is 88.4 Å². The van der Waals surface area contributed by atoms with Gasteiger partial charge in [-0.25, -0.2) is 13.1 Å². The van der Waals surface area contributed by atoms with Crippen LogP contribution in [0.15, 0.2) is 64.1 Å². The largest absolute Gasteiger partial charge is 0.468 e. The number of nitrogens with one attached hydrogen (secondary N) is 2. The summed E-state index contributed by atoms with van der Waals surface area (Å²) in [5, 5.41) is 3.24. The molecule has 0 atom stereocenters. The molecule has 0 saturated heterocycles. The summed E-state index contributed by atoms with van der Waals surface area (Å²) < 4.78 is 32.7. The Morgan fingerprint density at radius 2 is 1.86 bits per heavy atom. The van der Waals surface area contributed by atoms with Crippen molar-refractivity contribution >= 4 is 44.8 Å². The molecule has 0 unspecified atom stereocenters. The summed E-state index contributed by atoms with van der Waals surface area (Å²) >= 11 is 12.1. The molecule has 0 radical (unpaired) electrons. The van der Waals surface area contributed by atoms with Gasteiger partial charge < -0.3 is 9.73 Å². The first-order valence-corrected chi connectivity index (χ1v) is 10.4. The van der Waals surface area contributed by atoms with Crippen LogP contribution >= 0.6 is 23.2 Å². The van der Waals surface area contributed by atoms with Gasteiger partial charge in [-0.05, 0) is 55.0 Å².